The molecule has 0 bridgehead atoms. The highest BCUT2D eigenvalue weighted by molar-refractivity contribution is 7.89. The summed E-state index contributed by atoms with van der Waals surface area (Å²) in [6, 6.07) is 4.39. The van der Waals surface area contributed by atoms with Crippen LogP contribution in [0.5, 0.6) is 0 Å². The van der Waals surface area contributed by atoms with Gasteiger partial charge in [0.15, 0.2) is 0 Å². The van der Waals surface area contributed by atoms with Crippen LogP contribution < -0.4 is 4.72 Å². The van der Waals surface area contributed by atoms with Gasteiger partial charge in [-0.05, 0) is 18.2 Å². The maximum Gasteiger partial charge on any atom is 0.345 e. The van der Waals surface area contributed by atoms with Crippen LogP contribution in [0.2, 0.25) is 0 Å². The van der Waals surface area contributed by atoms with Crippen molar-refractivity contribution in [3.05, 3.63) is 40.3 Å². The first-order valence-electron chi connectivity index (χ1n) is 5.07. The highest BCUT2D eigenvalue weighted by Crippen LogP contribution is 2.19. The van der Waals surface area contributed by atoms with Crippen LogP contribution in [0, 0.1) is 0 Å². The normalized spacial score (nSPS) is 11.4. The van der Waals surface area contributed by atoms with Gasteiger partial charge in [0.2, 0.25) is 10.0 Å². The van der Waals surface area contributed by atoms with Gasteiger partial charge in [-0.3, -0.25) is 0 Å². The van der Waals surface area contributed by atoms with Gasteiger partial charge < -0.3 is 5.11 Å². The number of hydrogen-bond acceptors (Lipinski definition) is 6. The Balaban J connectivity index is 2.12. The molecule has 0 fully saturated rings. The fourth-order valence-corrected chi connectivity index (χ4v) is 3.36. The van der Waals surface area contributed by atoms with Gasteiger partial charge in [0, 0.05) is 11.6 Å². The number of thiophene rings is 1. The monoisotopic (exact) mass is 299 g/mol. The van der Waals surface area contributed by atoms with Gasteiger partial charge in [-0.1, -0.05) is 0 Å². The predicted octanol–water partition coefficient (Wildman–Crippen LogP) is 0.715. The Kier molecular flexibility index (Phi) is 3.88. The van der Waals surface area contributed by atoms with Crippen molar-refractivity contribution in [1.29, 1.82) is 0 Å². The number of sulfonamides is 1. The summed E-state index contributed by atoms with van der Waals surface area (Å²) in [6.45, 7) is -0.00553. The van der Waals surface area contributed by atoms with Crippen molar-refractivity contribution >= 4 is 27.3 Å². The topological polar surface area (TPSA) is 109 Å². The molecule has 9 heteroatoms. The van der Waals surface area contributed by atoms with E-state index >= 15 is 0 Å². The Morgan fingerprint density at radius 3 is 2.84 bits per heavy atom. The molecule has 0 aliphatic heterocycles. The summed E-state index contributed by atoms with van der Waals surface area (Å²) in [5.74, 6) is -1.15. The molecule has 2 aromatic rings. The molecule has 0 spiro atoms. The first kappa shape index (κ1) is 13.6. The van der Waals surface area contributed by atoms with Crippen LogP contribution in [0.15, 0.2) is 34.7 Å². The fraction of sp³-hybridized carbons (Fsp3) is 0.100. The molecule has 2 heterocycles. The van der Waals surface area contributed by atoms with Crippen molar-refractivity contribution < 1.29 is 18.3 Å². The van der Waals surface area contributed by atoms with Crippen molar-refractivity contribution in [2.45, 2.75) is 11.4 Å². The maximum atomic E-state index is 11.9. The number of carboxylic acids is 1. The summed E-state index contributed by atoms with van der Waals surface area (Å²) in [6.07, 6.45) is 1.48. The van der Waals surface area contributed by atoms with E-state index in [2.05, 4.69) is 14.9 Å². The molecule has 7 nitrogen and oxygen atoms in total. The van der Waals surface area contributed by atoms with Gasteiger partial charge in [-0.15, -0.1) is 11.3 Å². The molecule has 100 valence electrons. The Hall–Kier alpha value is -1.84. The van der Waals surface area contributed by atoms with Crippen LogP contribution in [0.3, 0.4) is 0 Å². The summed E-state index contributed by atoms with van der Waals surface area (Å²) in [5.41, 5.74) is 0.472. The minimum Gasteiger partial charge on any atom is -0.477 e. The SMILES string of the molecule is O=C(O)c1cc(S(=O)(=O)NCc2cccnn2)cs1. The zero-order chi connectivity index (χ0) is 13.9. The number of hydrogen-bond donors (Lipinski definition) is 2. The molecule has 0 amide bonds. The van der Waals surface area contributed by atoms with Crippen LogP contribution in [0.1, 0.15) is 15.4 Å². The Bertz CT molecular complexity index is 682. The molecule has 0 aromatic carbocycles. The van der Waals surface area contributed by atoms with Gasteiger partial charge >= 0.3 is 5.97 Å². The second-order valence-electron chi connectivity index (χ2n) is 3.49. The Labute approximate surface area is 113 Å². The lowest BCUT2D eigenvalue weighted by Gasteiger charge is -2.03. The second kappa shape index (κ2) is 5.43. The number of aromatic nitrogens is 2. The number of nitrogens with one attached hydrogen (secondary N) is 1. The molecular weight excluding hydrogens is 290 g/mol. The van der Waals surface area contributed by atoms with Crippen molar-refractivity contribution in [1.82, 2.24) is 14.9 Å². The Morgan fingerprint density at radius 1 is 1.47 bits per heavy atom. The van der Waals surface area contributed by atoms with Crippen molar-refractivity contribution in [3.8, 4) is 0 Å². The van der Waals surface area contributed by atoms with Crippen LogP contribution in [-0.4, -0.2) is 29.7 Å². The third-order valence-corrected chi connectivity index (χ3v) is 4.62. The summed E-state index contributed by atoms with van der Waals surface area (Å²) in [4.78, 5) is 10.6. The van der Waals surface area contributed by atoms with E-state index in [4.69, 9.17) is 5.11 Å². The van der Waals surface area contributed by atoms with Crippen molar-refractivity contribution in [3.63, 3.8) is 0 Å². The van der Waals surface area contributed by atoms with Crippen LogP contribution in [0.25, 0.3) is 0 Å². The number of rotatable bonds is 5. The molecule has 0 saturated heterocycles. The van der Waals surface area contributed by atoms with Crippen LogP contribution in [-0.2, 0) is 16.6 Å². The van der Waals surface area contributed by atoms with E-state index < -0.39 is 16.0 Å². The fourth-order valence-electron chi connectivity index (χ4n) is 1.25. The minimum absolute atomic E-state index is 0.00553. The van der Waals surface area contributed by atoms with E-state index in [1.165, 1.54) is 11.6 Å². The molecule has 0 aliphatic carbocycles. The molecular formula is C10H9N3O4S2. The quantitative estimate of drug-likeness (QED) is 0.841. The average molecular weight is 299 g/mol. The van der Waals surface area contributed by atoms with Crippen LogP contribution in [0.4, 0.5) is 0 Å². The number of carbonyl (C=O) groups is 1. The average Bonchev–Trinajstić information content (AvgIpc) is 2.88. The molecule has 0 unspecified atom stereocenters. The first-order chi connectivity index (χ1) is 8.99. The second-order valence-corrected chi connectivity index (χ2v) is 6.17. The molecule has 0 saturated carbocycles. The minimum atomic E-state index is -3.74. The third-order valence-electron chi connectivity index (χ3n) is 2.17. The summed E-state index contributed by atoms with van der Waals surface area (Å²) < 4.78 is 26.1. The van der Waals surface area contributed by atoms with E-state index in [-0.39, 0.29) is 16.3 Å². The molecule has 0 aliphatic rings. The summed E-state index contributed by atoms with van der Waals surface area (Å²) in [5, 5.41) is 17.4. The Morgan fingerprint density at radius 2 is 2.26 bits per heavy atom. The highest BCUT2D eigenvalue weighted by atomic mass is 32.2. The van der Waals surface area contributed by atoms with Gasteiger partial charge in [-0.25, -0.2) is 17.9 Å². The zero-order valence-corrected chi connectivity index (χ0v) is 11.1. The standard InChI is InChI=1S/C10H9N3O4S2/c14-10(15)9-4-8(6-18-9)19(16,17)12-5-7-2-1-3-11-13-7/h1-4,6,12H,5H2,(H,14,15). The smallest absolute Gasteiger partial charge is 0.345 e. The summed E-state index contributed by atoms with van der Waals surface area (Å²) in [7, 11) is -3.74. The van der Waals surface area contributed by atoms with Gasteiger partial charge in [0.05, 0.1) is 17.1 Å². The maximum absolute atomic E-state index is 11.9. The molecule has 19 heavy (non-hydrogen) atoms. The highest BCUT2D eigenvalue weighted by Gasteiger charge is 2.18. The van der Waals surface area contributed by atoms with Crippen molar-refractivity contribution in [2.75, 3.05) is 0 Å². The van der Waals surface area contributed by atoms with Gasteiger partial charge in [0.25, 0.3) is 0 Å². The molecule has 2 aromatic heterocycles. The number of aromatic carboxylic acids is 1. The lowest BCUT2D eigenvalue weighted by atomic mass is 10.4. The third kappa shape index (κ3) is 3.34. The van der Waals surface area contributed by atoms with Crippen LogP contribution >= 0.6 is 11.3 Å². The largest absolute Gasteiger partial charge is 0.477 e. The molecule has 0 atom stereocenters. The van der Waals surface area contributed by atoms with Gasteiger partial charge in [-0.2, -0.15) is 10.2 Å². The first-order valence-corrected chi connectivity index (χ1v) is 7.43. The lowest BCUT2D eigenvalue weighted by molar-refractivity contribution is 0.0702. The van der Waals surface area contributed by atoms with E-state index in [9.17, 15) is 13.2 Å². The van der Waals surface area contributed by atoms with E-state index in [0.29, 0.717) is 5.69 Å². The van der Waals surface area contributed by atoms with E-state index in [0.717, 1.165) is 17.4 Å². The number of carboxylic acid groups (broad SMARTS) is 1. The number of nitrogens with zero attached hydrogens (tertiary/aromatic N) is 2. The van der Waals surface area contributed by atoms with Crippen molar-refractivity contribution in [2.24, 2.45) is 0 Å². The van der Waals surface area contributed by atoms with E-state index in [1.54, 1.807) is 12.1 Å². The molecule has 2 N–H and O–H groups in total. The predicted molar refractivity (Wildman–Crippen MR) is 67.3 cm³/mol. The zero-order valence-electron chi connectivity index (χ0n) is 9.48. The molecule has 0 radical (unpaired) electrons. The van der Waals surface area contributed by atoms with E-state index in [1.807, 2.05) is 0 Å². The summed E-state index contributed by atoms with van der Waals surface area (Å²) >= 11 is 0.860. The lowest BCUT2D eigenvalue weighted by Crippen LogP contribution is -2.23. The van der Waals surface area contributed by atoms with Gasteiger partial charge in [0.1, 0.15) is 4.88 Å². The molecule has 2 rings (SSSR count).